The number of halogens is 1. The zero-order valence-electron chi connectivity index (χ0n) is 13.2. The molecule has 0 unspecified atom stereocenters. The molecule has 0 radical (unpaired) electrons. The summed E-state index contributed by atoms with van der Waals surface area (Å²) in [6.45, 7) is 9.14. The fourth-order valence-corrected chi connectivity index (χ4v) is 2.16. The lowest BCUT2D eigenvalue weighted by Crippen LogP contribution is -2.09. The van der Waals surface area contributed by atoms with Crippen molar-refractivity contribution < 1.29 is 5.11 Å². The number of phenolic OH excluding ortho intramolecular Hbond substituents is 1. The predicted molar refractivity (Wildman–Crippen MR) is 94.8 cm³/mol. The van der Waals surface area contributed by atoms with Crippen molar-refractivity contribution in [2.75, 3.05) is 0 Å². The minimum absolute atomic E-state index is 0.00957. The quantitative estimate of drug-likeness (QED) is 0.666. The van der Waals surface area contributed by atoms with Gasteiger partial charge in [0.25, 0.3) is 0 Å². The molecule has 0 bridgehead atoms. The molecule has 0 aliphatic rings. The van der Waals surface area contributed by atoms with Crippen LogP contribution in [0.3, 0.4) is 0 Å². The van der Waals surface area contributed by atoms with Crippen LogP contribution in [0.4, 0.5) is 0 Å². The third kappa shape index (κ3) is 3.60. The molecule has 23 heavy (non-hydrogen) atoms. The number of aromatic nitrogens is 2. The molecular formula is C16H18ClN5O. The van der Waals surface area contributed by atoms with Crippen LogP contribution in [-0.4, -0.2) is 27.4 Å². The van der Waals surface area contributed by atoms with Gasteiger partial charge in [-0.15, -0.1) is 0 Å². The van der Waals surface area contributed by atoms with E-state index in [1.807, 2.05) is 20.0 Å². The summed E-state index contributed by atoms with van der Waals surface area (Å²) in [5, 5.41) is 14.2. The smallest absolute Gasteiger partial charge is 0.181 e. The lowest BCUT2D eigenvalue weighted by atomic mass is 10.1. The van der Waals surface area contributed by atoms with E-state index in [1.54, 1.807) is 23.7 Å². The number of aromatic hydroxyl groups is 1. The standard InChI is InChI=1S/C16H18ClN5O/c1-9-8-22(21-10(9)2)16(20-11(3)18)15(19-4)12-5-6-14(23)13(17)7-12/h5-8,23H,4H2,1-3H3,(H2,18,20)/b16-15+. The Kier molecular flexibility index (Phi) is 4.86. The van der Waals surface area contributed by atoms with Gasteiger partial charge in [-0.3, -0.25) is 4.99 Å². The number of phenols is 1. The zero-order valence-corrected chi connectivity index (χ0v) is 14.0. The Morgan fingerprint density at radius 3 is 2.57 bits per heavy atom. The Morgan fingerprint density at radius 1 is 1.39 bits per heavy atom. The maximum Gasteiger partial charge on any atom is 0.181 e. The summed E-state index contributed by atoms with van der Waals surface area (Å²) in [6.07, 6.45) is 1.84. The van der Waals surface area contributed by atoms with Gasteiger partial charge in [0.05, 0.1) is 16.6 Å². The van der Waals surface area contributed by atoms with E-state index in [4.69, 9.17) is 17.3 Å². The Labute approximate surface area is 139 Å². The third-order valence-corrected chi connectivity index (χ3v) is 3.54. The lowest BCUT2D eigenvalue weighted by molar-refractivity contribution is 0.475. The van der Waals surface area contributed by atoms with E-state index < -0.39 is 0 Å². The van der Waals surface area contributed by atoms with Crippen LogP contribution in [0.15, 0.2) is 34.4 Å². The van der Waals surface area contributed by atoms with Crippen molar-refractivity contribution in [3.05, 3.63) is 46.2 Å². The summed E-state index contributed by atoms with van der Waals surface area (Å²) in [4.78, 5) is 8.40. The first-order valence-electron chi connectivity index (χ1n) is 6.87. The number of benzene rings is 1. The van der Waals surface area contributed by atoms with Crippen LogP contribution in [0.5, 0.6) is 5.75 Å². The predicted octanol–water partition coefficient (Wildman–Crippen LogP) is 3.22. The summed E-state index contributed by atoms with van der Waals surface area (Å²) in [6, 6.07) is 4.75. The van der Waals surface area contributed by atoms with Crippen molar-refractivity contribution in [1.82, 2.24) is 9.78 Å². The molecule has 0 amide bonds. The number of aryl methyl sites for hydroxylation is 2. The molecule has 2 aromatic rings. The molecule has 0 saturated heterocycles. The highest BCUT2D eigenvalue weighted by Crippen LogP contribution is 2.30. The van der Waals surface area contributed by atoms with Crippen LogP contribution in [-0.2, 0) is 0 Å². The molecule has 0 spiro atoms. The fraction of sp³-hybridized carbons (Fsp3) is 0.188. The average molecular weight is 332 g/mol. The number of nitrogens with zero attached hydrogens (tertiary/aromatic N) is 4. The van der Waals surface area contributed by atoms with E-state index in [-0.39, 0.29) is 10.8 Å². The highest BCUT2D eigenvalue weighted by molar-refractivity contribution is 6.32. The molecule has 6 nitrogen and oxygen atoms in total. The van der Waals surface area contributed by atoms with E-state index in [0.717, 1.165) is 11.3 Å². The van der Waals surface area contributed by atoms with Crippen molar-refractivity contribution >= 4 is 35.7 Å². The molecule has 0 aliphatic carbocycles. The first-order valence-corrected chi connectivity index (χ1v) is 7.25. The second-order valence-corrected chi connectivity index (χ2v) is 5.50. The number of aliphatic imine (C=N–C) groups is 2. The Bertz CT molecular complexity index is 796. The molecule has 1 aromatic heterocycles. The maximum atomic E-state index is 9.58. The summed E-state index contributed by atoms with van der Waals surface area (Å²) in [7, 11) is 0. The molecule has 0 atom stereocenters. The van der Waals surface area contributed by atoms with Crippen molar-refractivity contribution in [3.63, 3.8) is 0 Å². The van der Waals surface area contributed by atoms with E-state index in [0.29, 0.717) is 22.9 Å². The molecule has 7 heteroatoms. The van der Waals surface area contributed by atoms with E-state index in [9.17, 15) is 5.11 Å². The Hall–Kier alpha value is -2.60. The lowest BCUT2D eigenvalue weighted by Gasteiger charge is -2.10. The van der Waals surface area contributed by atoms with Gasteiger partial charge in [-0.25, -0.2) is 9.67 Å². The van der Waals surface area contributed by atoms with Crippen molar-refractivity contribution in [2.24, 2.45) is 15.7 Å². The molecule has 2 rings (SSSR count). The molecule has 120 valence electrons. The van der Waals surface area contributed by atoms with Crippen LogP contribution in [0.2, 0.25) is 5.02 Å². The highest BCUT2D eigenvalue weighted by atomic mass is 35.5. The largest absolute Gasteiger partial charge is 0.506 e. The molecule has 0 saturated carbocycles. The van der Waals surface area contributed by atoms with Crippen molar-refractivity contribution in [2.45, 2.75) is 20.8 Å². The number of hydrogen-bond acceptors (Lipinski definition) is 4. The van der Waals surface area contributed by atoms with Gasteiger partial charge >= 0.3 is 0 Å². The van der Waals surface area contributed by atoms with Crippen LogP contribution in [0, 0.1) is 13.8 Å². The van der Waals surface area contributed by atoms with Gasteiger partial charge in [-0.2, -0.15) is 5.10 Å². The van der Waals surface area contributed by atoms with Gasteiger partial charge in [0.15, 0.2) is 5.82 Å². The van der Waals surface area contributed by atoms with Crippen LogP contribution in [0.1, 0.15) is 23.7 Å². The average Bonchev–Trinajstić information content (AvgIpc) is 2.81. The van der Waals surface area contributed by atoms with Gasteiger partial charge in [-0.1, -0.05) is 11.6 Å². The van der Waals surface area contributed by atoms with E-state index in [2.05, 4.69) is 21.8 Å². The first kappa shape index (κ1) is 16.8. The van der Waals surface area contributed by atoms with Gasteiger partial charge in [-0.05, 0) is 51.3 Å². The Morgan fingerprint density at radius 2 is 2.09 bits per heavy atom. The van der Waals surface area contributed by atoms with E-state index in [1.165, 1.54) is 6.07 Å². The van der Waals surface area contributed by atoms with Crippen LogP contribution >= 0.6 is 11.6 Å². The topological polar surface area (TPSA) is 88.8 Å². The molecule has 1 heterocycles. The van der Waals surface area contributed by atoms with Gasteiger partial charge < -0.3 is 10.8 Å². The molecular weight excluding hydrogens is 314 g/mol. The summed E-state index contributed by atoms with van der Waals surface area (Å²) >= 11 is 5.98. The van der Waals surface area contributed by atoms with Gasteiger partial charge in [0.2, 0.25) is 0 Å². The number of rotatable bonds is 4. The number of amidine groups is 1. The fourth-order valence-electron chi connectivity index (χ4n) is 1.98. The summed E-state index contributed by atoms with van der Waals surface area (Å²) < 4.78 is 1.60. The second-order valence-electron chi connectivity index (χ2n) is 5.09. The zero-order chi connectivity index (χ0) is 17.1. The minimum atomic E-state index is -0.00957. The first-order chi connectivity index (χ1) is 10.8. The second kappa shape index (κ2) is 6.66. The molecule has 1 aromatic carbocycles. The monoisotopic (exact) mass is 331 g/mol. The summed E-state index contributed by atoms with van der Waals surface area (Å²) in [5.74, 6) is 0.777. The number of hydrogen-bond donors (Lipinski definition) is 2. The normalized spacial score (nSPS) is 13.0. The Balaban J connectivity index is 2.74. The maximum absolute atomic E-state index is 9.58. The molecule has 3 N–H and O–H groups in total. The van der Waals surface area contributed by atoms with Crippen LogP contribution < -0.4 is 5.73 Å². The number of nitrogens with two attached hydrogens (primary N) is 1. The highest BCUT2D eigenvalue weighted by Gasteiger charge is 2.14. The molecule has 0 fully saturated rings. The summed E-state index contributed by atoms with van der Waals surface area (Å²) in [5.41, 5.74) is 8.74. The van der Waals surface area contributed by atoms with Gasteiger partial charge in [0.1, 0.15) is 11.4 Å². The third-order valence-electron chi connectivity index (χ3n) is 3.23. The van der Waals surface area contributed by atoms with E-state index >= 15 is 0 Å². The van der Waals surface area contributed by atoms with Crippen molar-refractivity contribution in [1.29, 1.82) is 0 Å². The minimum Gasteiger partial charge on any atom is -0.506 e. The molecule has 0 aliphatic heterocycles. The van der Waals surface area contributed by atoms with Gasteiger partial charge in [0, 0.05) is 11.8 Å². The van der Waals surface area contributed by atoms with Crippen molar-refractivity contribution in [3.8, 4) is 5.75 Å². The SMILES string of the molecule is C=N/C(=C(\N=C(C)N)n1cc(C)c(C)n1)c1ccc(O)c(Cl)c1. The van der Waals surface area contributed by atoms with Crippen LogP contribution in [0.25, 0.3) is 11.5 Å².